The highest BCUT2D eigenvalue weighted by atomic mass is 16.4. The van der Waals surface area contributed by atoms with E-state index < -0.39 is 23.9 Å². The molecule has 326 valence electrons. The molecule has 4 rings (SSSR count). The molecule has 6 atom stereocenters. The number of benzene rings is 4. The molecule has 0 aliphatic heterocycles. The van der Waals surface area contributed by atoms with Crippen molar-refractivity contribution in [1.29, 1.82) is 0 Å². The average molecular weight is 823 g/mol. The van der Waals surface area contributed by atoms with Crippen LogP contribution < -0.4 is 0 Å². The fraction of sp³-hybridized carbons (Fsp3) is 0.404. The minimum absolute atomic E-state index is 0.0138. The van der Waals surface area contributed by atoms with Crippen LogP contribution in [0.15, 0.2) is 121 Å². The zero-order valence-electron chi connectivity index (χ0n) is 35.2. The zero-order valence-corrected chi connectivity index (χ0v) is 35.2. The summed E-state index contributed by atoms with van der Waals surface area (Å²) in [6.45, 7) is 11.9. The minimum atomic E-state index is -0.879. The van der Waals surface area contributed by atoms with E-state index in [1.165, 1.54) is 0 Å². The number of carboxylic acid groups (broad SMARTS) is 4. The van der Waals surface area contributed by atoms with Gasteiger partial charge in [0.2, 0.25) is 0 Å². The monoisotopic (exact) mass is 822 g/mol. The molecule has 12 nitrogen and oxygen atoms in total. The highest BCUT2D eigenvalue weighted by molar-refractivity contribution is 5.88. The molecule has 0 amide bonds. The van der Waals surface area contributed by atoms with Crippen LogP contribution in [0.1, 0.15) is 128 Å². The van der Waals surface area contributed by atoms with Gasteiger partial charge in [-0.15, -0.1) is 0 Å². The second-order valence-corrected chi connectivity index (χ2v) is 13.3. The van der Waals surface area contributed by atoms with Gasteiger partial charge in [-0.2, -0.15) is 0 Å². The summed E-state index contributed by atoms with van der Waals surface area (Å²) < 4.78 is 0. The van der Waals surface area contributed by atoms with Gasteiger partial charge in [0.05, 0.1) is 46.7 Å². The lowest BCUT2D eigenvalue weighted by Gasteiger charge is -2.25. The molecular weight excluding hydrogens is 757 g/mol. The van der Waals surface area contributed by atoms with Gasteiger partial charge in [-0.25, -0.2) is 19.2 Å². The van der Waals surface area contributed by atoms with Crippen LogP contribution in [0.2, 0.25) is 0 Å². The summed E-state index contributed by atoms with van der Waals surface area (Å²) in [6, 6.07) is 33.2. The minimum Gasteiger partial charge on any atom is -0.478 e. The molecule has 0 aliphatic carbocycles. The molecule has 4 aromatic rings. The second-order valence-electron chi connectivity index (χ2n) is 13.3. The molecule has 0 saturated carbocycles. The number of hydrogen-bond donors (Lipinski definition) is 8. The second kappa shape index (κ2) is 34.6. The topological polar surface area (TPSA) is 230 Å². The fourth-order valence-electron chi connectivity index (χ4n) is 5.12. The molecule has 0 heterocycles. The Morgan fingerprint density at radius 2 is 0.644 bits per heavy atom. The molecule has 59 heavy (non-hydrogen) atoms. The first kappa shape index (κ1) is 55.7. The summed E-state index contributed by atoms with van der Waals surface area (Å²) in [5.41, 5.74) is 1.32. The molecule has 0 radical (unpaired) electrons. The number of aliphatic hydroxyl groups is 4. The van der Waals surface area contributed by atoms with E-state index in [1.54, 1.807) is 121 Å². The molecule has 0 fully saturated rings. The van der Waals surface area contributed by atoms with Crippen molar-refractivity contribution in [2.24, 2.45) is 11.8 Å². The van der Waals surface area contributed by atoms with Crippen molar-refractivity contribution in [2.75, 3.05) is 0 Å². The van der Waals surface area contributed by atoms with Gasteiger partial charge in [-0.05, 0) is 80.6 Å². The Bertz CT molecular complexity index is 1440. The Hall–Kier alpha value is -5.40. The van der Waals surface area contributed by atoms with Crippen molar-refractivity contribution < 1.29 is 60.0 Å². The summed E-state index contributed by atoms with van der Waals surface area (Å²) in [4.78, 5) is 40.8. The van der Waals surface area contributed by atoms with Crippen LogP contribution in [0.25, 0.3) is 0 Å². The van der Waals surface area contributed by atoms with Crippen molar-refractivity contribution in [1.82, 2.24) is 0 Å². The lowest BCUT2D eigenvalue weighted by atomic mass is 9.89. The van der Waals surface area contributed by atoms with E-state index in [9.17, 15) is 39.6 Å². The smallest absolute Gasteiger partial charge is 0.335 e. The Labute approximate surface area is 349 Å². The van der Waals surface area contributed by atoms with Crippen LogP contribution in [-0.4, -0.2) is 89.1 Å². The number of carboxylic acids is 4. The van der Waals surface area contributed by atoms with Crippen LogP contribution in [0, 0.1) is 11.8 Å². The largest absolute Gasteiger partial charge is 0.478 e. The van der Waals surface area contributed by atoms with Gasteiger partial charge in [0.25, 0.3) is 0 Å². The highest BCUT2D eigenvalue weighted by Gasteiger charge is 2.23. The van der Waals surface area contributed by atoms with Gasteiger partial charge in [-0.1, -0.05) is 127 Å². The summed E-state index contributed by atoms with van der Waals surface area (Å²) in [6.07, 6.45) is 4.51. The Morgan fingerprint density at radius 3 is 0.831 bits per heavy atom. The van der Waals surface area contributed by atoms with E-state index in [4.69, 9.17) is 20.4 Å². The van der Waals surface area contributed by atoms with Crippen molar-refractivity contribution in [3.63, 3.8) is 0 Å². The Morgan fingerprint density at radius 1 is 0.390 bits per heavy atom. The third-order valence-corrected chi connectivity index (χ3v) is 8.76. The molecule has 0 spiro atoms. The predicted molar refractivity (Wildman–Crippen MR) is 231 cm³/mol. The summed E-state index contributed by atoms with van der Waals surface area (Å²) in [7, 11) is 0. The first-order chi connectivity index (χ1) is 28.0. The van der Waals surface area contributed by atoms with Gasteiger partial charge < -0.3 is 40.9 Å². The molecule has 8 N–H and O–H groups in total. The third kappa shape index (κ3) is 27.0. The SMILES string of the molecule is CCCC(O)C(C)C(O)CC.CCCC(O)C(CC)C(O)CC.O=C(O)c1ccccc1.O=C(O)c1ccccc1.O=C(O)c1ccccc1.O=C(O)c1ccccc1. The number of aliphatic hydroxyl groups excluding tert-OH is 4. The molecule has 0 bridgehead atoms. The molecule has 0 aromatic heterocycles. The maximum Gasteiger partial charge on any atom is 0.335 e. The van der Waals surface area contributed by atoms with Crippen molar-refractivity contribution in [3.05, 3.63) is 144 Å². The van der Waals surface area contributed by atoms with Crippen molar-refractivity contribution in [3.8, 4) is 0 Å². The molecular formula is C47H66O12. The molecule has 0 aliphatic rings. The van der Waals surface area contributed by atoms with Gasteiger partial charge in [-0.3, -0.25) is 0 Å². The predicted octanol–water partition coefficient (Wildman–Crippen LogP) is 9.04. The van der Waals surface area contributed by atoms with Crippen molar-refractivity contribution in [2.45, 2.75) is 111 Å². The standard InChI is InChI=1S/C10H22O2.C9H20O2.4C7H6O2/c1-4-7-10(12)8(5-2)9(11)6-3;1-4-6-9(11)7(3)8(10)5-2;4*8-7(9)6-4-2-1-3-5-6/h8-12H,4-7H2,1-3H3;7-11H,4-6H2,1-3H3;4*1-5H,(H,8,9). The van der Waals surface area contributed by atoms with Crippen molar-refractivity contribution >= 4 is 23.9 Å². The number of aromatic carboxylic acids is 4. The normalized spacial score (nSPS) is 12.8. The maximum absolute atomic E-state index is 10.2. The lowest BCUT2D eigenvalue weighted by molar-refractivity contribution is 0.00449. The zero-order chi connectivity index (χ0) is 45.2. The highest BCUT2D eigenvalue weighted by Crippen LogP contribution is 2.19. The summed E-state index contributed by atoms with van der Waals surface area (Å²) in [5.74, 6) is -3.44. The molecule has 0 saturated heterocycles. The van der Waals surface area contributed by atoms with Crippen LogP contribution in [-0.2, 0) is 0 Å². The Balaban J connectivity index is 0. The molecule has 12 heteroatoms. The number of carbonyl (C=O) groups is 4. The van der Waals surface area contributed by atoms with Crippen LogP contribution in [0.5, 0.6) is 0 Å². The van der Waals surface area contributed by atoms with Crippen LogP contribution in [0.3, 0.4) is 0 Å². The van der Waals surface area contributed by atoms with E-state index in [2.05, 4.69) is 0 Å². The first-order valence-electron chi connectivity index (χ1n) is 19.9. The van der Waals surface area contributed by atoms with E-state index >= 15 is 0 Å². The fourth-order valence-corrected chi connectivity index (χ4v) is 5.12. The molecule has 6 unspecified atom stereocenters. The summed E-state index contributed by atoms with van der Waals surface area (Å²) in [5, 5.41) is 71.6. The van der Waals surface area contributed by atoms with E-state index in [-0.39, 0.29) is 36.3 Å². The van der Waals surface area contributed by atoms with Gasteiger partial charge >= 0.3 is 23.9 Å². The van der Waals surface area contributed by atoms with Gasteiger partial charge in [0.1, 0.15) is 0 Å². The lowest BCUT2D eigenvalue weighted by Crippen LogP contribution is -2.30. The van der Waals surface area contributed by atoms with E-state index in [0.717, 1.165) is 44.9 Å². The third-order valence-electron chi connectivity index (χ3n) is 8.76. The molecule has 4 aromatic carbocycles. The first-order valence-corrected chi connectivity index (χ1v) is 19.9. The number of rotatable bonds is 15. The Kier molecular flexibility index (Phi) is 32.7. The average Bonchev–Trinajstić information content (AvgIpc) is 3.25. The van der Waals surface area contributed by atoms with Crippen LogP contribution in [0.4, 0.5) is 0 Å². The summed E-state index contributed by atoms with van der Waals surface area (Å²) >= 11 is 0. The van der Waals surface area contributed by atoms with E-state index in [1.807, 2.05) is 41.5 Å². The van der Waals surface area contributed by atoms with E-state index in [0.29, 0.717) is 22.3 Å². The van der Waals surface area contributed by atoms with Crippen LogP contribution >= 0.6 is 0 Å². The maximum atomic E-state index is 10.2. The quantitative estimate of drug-likeness (QED) is 0.0561. The van der Waals surface area contributed by atoms with Gasteiger partial charge in [0, 0.05) is 11.8 Å². The van der Waals surface area contributed by atoms with Gasteiger partial charge in [0.15, 0.2) is 0 Å². The number of hydrogen-bond acceptors (Lipinski definition) is 8.